The second-order valence-corrected chi connectivity index (χ2v) is 9.59. The van der Waals surface area contributed by atoms with Crippen molar-refractivity contribution in [1.82, 2.24) is 5.32 Å². The summed E-state index contributed by atoms with van der Waals surface area (Å²) in [6.07, 6.45) is 1.53. The first kappa shape index (κ1) is 23.3. The lowest BCUT2D eigenvalue weighted by Crippen LogP contribution is -2.31. The summed E-state index contributed by atoms with van der Waals surface area (Å²) in [5.74, 6) is -0.219. The number of nitrogens with one attached hydrogen (secondary N) is 1. The Balaban J connectivity index is 1.79. The minimum absolute atomic E-state index is 0.118. The summed E-state index contributed by atoms with van der Waals surface area (Å²) >= 11 is 0. The summed E-state index contributed by atoms with van der Waals surface area (Å²) in [6, 6.07) is 20.8. The zero-order valence-corrected chi connectivity index (χ0v) is 19.4. The lowest BCUT2D eigenvalue weighted by molar-refractivity contribution is 0.0940. The van der Waals surface area contributed by atoms with Crippen LogP contribution in [0.5, 0.6) is 0 Å². The van der Waals surface area contributed by atoms with Gasteiger partial charge in [-0.1, -0.05) is 42.5 Å². The third-order valence-electron chi connectivity index (χ3n) is 5.42. The van der Waals surface area contributed by atoms with E-state index in [-0.39, 0.29) is 23.4 Å². The quantitative estimate of drug-likeness (QED) is 0.483. The highest BCUT2D eigenvalue weighted by atomic mass is 32.2. The van der Waals surface area contributed by atoms with E-state index in [4.69, 9.17) is 0 Å². The molecule has 166 valence electrons. The molecule has 1 atom stereocenters. The van der Waals surface area contributed by atoms with E-state index in [1.165, 1.54) is 21.5 Å². The van der Waals surface area contributed by atoms with Crippen LogP contribution in [-0.2, 0) is 10.0 Å². The standard InChI is InChI=1S/C26H28N2O3S/c1-5-17-28(32(30,31)25-9-7-6-8-10-25)24-15-13-22(14-16-24)26(29)27-21(4)23-12-11-19(2)20(3)18-23/h5-16,18,21H,1,17H2,2-4H3,(H,27,29)/t21-/m0/s1. The SMILES string of the molecule is C=CCN(c1ccc(C(=O)N[C@@H](C)c2ccc(C)c(C)c2)cc1)S(=O)(=O)c1ccccc1. The van der Waals surface area contributed by atoms with Crippen molar-refractivity contribution >= 4 is 21.6 Å². The van der Waals surface area contributed by atoms with Crippen LogP contribution in [0.25, 0.3) is 0 Å². The molecule has 0 saturated carbocycles. The van der Waals surface area contributed by atoms with Gasteiger partial charge >= 0.3 is 0 Å². The van der Waals surface area contributed by atoms with Crippen molar-refractivity contribution in [1.29, 1.82) is 0 Å². The number of hydrogen-bond acceptors (Lipinski definition) is 3. The molecule has 0 spiro atoms. The first-order valence-electron chi connectivity index (χ1n) is 10.4. The Kier molecular flexibility index (Phi) is 7.15. The third kappa shape index (κ3) is 5.08. The number of rotatable bonds is 8. The van der Waals surface area contributed by atoms with Crippen molar-refractivity contribution < 1.29 is 13.2 Å². The minimum Gasteiger partial charge on any atom is -0.346 e. The second kappa shape index (κ2) is 9.83. The lowest BCUT2D eigenvalue weighted by Gasteiger charge is -2.23. The molecule has 1 amide bonds. The number of carbonyl (C=O) groups excluding carboxylic acids is 1. The maximum absolute atomic E-state index is 13.1. The number of anilines is 1. The van der Waals surface area contributed by atoms with Crippen molar-refractivity contribution in [2.24, 2.45) is 0 Å². The minimum atomic E-state index is -3.75. The van der Waals surface area contributed by atoms with Gasteiger partial charge in [-0.25, -0.2) is 8.42 Å². The Hall–Kier alpha value is -3.38. The van der Waals surface area contributed by atoms with E-state index in [1.807, 2.05) is 26.0 Å². The number of benzene rings is 3. The molecule has 3 rings (SSSR count). The molecule has 3 aromatic carbocycles. The molecule has 0 aromatic heterocycles. The first-order valence-corrected chi connectivity index (χ1v) is 11.8. The molecule has 32 heavy (non-hydrogen) atoms. The fourth-order valence-electron chi connectivity index (χ4n) is 3.36. The van der Waals surface area contributed by atoms with E-state index in [9.17, 15) is 13.2 Å². The first-order chi connectivity index (χ1) is 15.2. The molecule has 0 bridgehead atoms. The largest absolute Gasteiger partial charge is 0.346 e. The van der Waals surface area contributed by atoms with Crippen molar-refractivity contribution in [2.75, 3.05) is 10.8 Å². The van der Waals surface area contributed by atoms with Crippen molar-refractivity contribution in [3.8, 4) is 0 Å². The summed E-state index contributed by atoms with van der Waals surface area (Å²) in [5, 5.41) is 3.00. The molecular formula is C26H28N2O3S. The third-order valence-corrected chi connectivity index (χ3v) is 7.23. The van der Waals surface area contributed by atoms with Crippen LogP contribution in [0.1, 0.15) is 40.0 Å². The van der Waals surface area contributed by atoms with E-state index in [0.29, 0.717) is 11.3 Å². The highest BCUT2D eigenvalue weighted by molar-refractivity contribution is 7.92. The number of hydrogen-bond donors (Lipinski definition) is 1. The Morgan fingerprint density at radius 1 is 1.00 bits per heavy atom. The number of aryl methyl sites for hydroxylation is 2. The van der Waals surface area contributed by atoms with E-state index < -0.39 is 10.0 Å². The van der Waals surface area contributed by atoms with Gasteiger partial charge in [-0.2, -0.15) is 0 Å². The molecule has 0 radical (unpaired) electrons. The van der Waals surface area contributed by atoms with Gasteiger partial charge < -0.3 is 5.32 Å². The zero-order valence-electron chi connectivity index (χ0n) is 18.6. The normalized spacial score (nSPS) is 12.1. The Morgan fingerprint density at radius 2 is 1.66 bits per heavy atom. The van der Waals surface area contributed by atoms with Gasteiger partial charge in [-0.3, -0.25) is 9.10 Å². The van der Waals surface area contributed by atoms with Gasteiger partial charge in [0.1, 0.15) is 0 Å². The van der Waals surface area contributed by atoms with Crippen molar-refractivity contribution in [3.05, 3.63) is 108 Å². The maximum Gasteiger partial charge on any atom is 0.264 e. The van der Waals surface area contributed by atoms with Crippen LogP contribution in [0.4, 0.5) is 5.69 Å². The fourth-order valence-corrected chi connectivity index (χ4v) is 4.81. The summed E-state index contributed by atoms with van der Waals surface area (Å²) in [7, 11) is -3.75. The molecule has 0 fully saturated rings. The van der Waals surface area contributed by atoms with Crippen LogP contribution in [0.2, 0.25) is 0 Å². The van der Waals surface area contributed by atoms with Crippen LogP contribution in [0.15, 0.2) is 90.3 Å². The highest BCUT2D eigenvalue weighted by Gasteiger charge is 2.24. The molecule has 3 aromatic rings. The highest BCUT2D eigenvalue weighted by Crippen LogP contribution is 2.24. The molecule has 0 aliphatic carbocycles. The van der Waals surface area contributed by atoms with Crippen LogP contribution in [0, 0.1) is 13.8 Å². The Labute approximate surface area is 190 Å². The van der Waals surface area contributed by atoms with E-state index in [2.05, 4.69) is 24.9 Å². The van der Waals surface area contributed by atoms with Crippen molar-refractivity contribution in [3.63, 3.8) is 0 Å². The molecule has 0 aliphatic heterocycles. The van der Waals surface area contributed by atoms with E-state index in [1.54, 1.807) is 54.6 Å². The predicted octanol–water partition coefficient (Wildman–Crippen LogP) is 5.18. The number of amides is 1. The van der Waals surface area contributed by atoms with E-state index >= 15 is 0 Å². The topological polar surface area (TPSA) is 66.5 Å². The number of carbonyl (C=O) groups is 1. The predicted molar refractivity (Wildman–Crippen MR) is 129 cm³/mol. The smallest absolute Gasteiger partial charge is 0.264 e. The van der Waals surface area contributed by atoms with Gasteiger partial charge in [-0.15, -0.1) is 6.58 Å². The van der Waals surface area contributed by atoms with Gasteiger partial charge in [0.05, 0.1) is 23.2 Å². The molecule has 0 aliphatic rings. The van der Waals surface area contributed by atoms with Crippen LogP contribution >= 0.6 is 0 Å². The summed E-state index contributed by atoms with van der Waals surface area (Å²) < 4.78 is 27.5. The monoisotopic (exact) mass is 448 g/mol. The molecule has 0 unspecified atom stereocenters. The average Bonchev–Trinajstić information content (AvgIpc) is 2.79. The van der Waals surface area contributed by atoms with Gasteiger partial charge in [0.15, 0.2) is 0 Å². The summed E-state index contributed by atoms with van der Waals surface area (Å²) in [5.41, 5.74) is 4.34. The van der Waals surface area contributed by atoms with Crippen LogP contribution in [0.3, 0.4) is 0 Å². The summed E-state index contributed by atoms with van der Waals surface area (Å²) in [6.45, 7) is 9.84. The van der Waals surface area contributed by atoms with Gasteiger partial charge in [0.2, 0.25) is 0 Å². The maximum atomic E-state index is 13.1. The second-order valence-electron chi connectivity index (χ2n) is 7.72. The number of sulfonamides is 1. The Bertz CT molecular complexity index is 1200. The average molecular weight is 449 g/mol. The van der Waals surface area contributed by atoms with Gasteiger partial charge in [0, 0.05) is 5.56 Å². The zero-order chi connectivity index (χ0) is 23.3. The molecule has 1 N–H and O–H groups in total. The molecule has 5 nitrogen and oxygen atoms in total. The molecule has 0 saturated heterocycles. The van der Waals surface area contributed by atoms with Gasteiger partial charge in [-0.05, 0) is 73.9 Å². The van der Waals surface area contributed by atoms with E-state index in [0.717, 1.165) is 5.56 Å². The molecule has 6 heteroatoms. The van der Waals surface area contributed by atoms with Crippen LogP contribution in [-0.4, -0.2) is 20.9 Å². The van der Waals surface area contributed by atoms with Gasteiger partial charge in [0.25, 0.3) is 15.9 Å². The lowest BCUT2D eigenvalue weighted by atomic mass is 10.0. The summed E-state index contributed by atoms with van der Waals surface area (Å²) in [4.78, 5) is 12.9. The fraction of sp³-hybridized carbons (Fsp3) is 0.192. The van der Waals surface area contributed by atoms with Crippen molar-refractivity contribution in [2.45, 2.75) is 31.7 Å². The Morgan fingerprint density at radius 3 is 2.25 bits per heavy atom. The van der Waals surface area contributed by atoms with Crippen LogP contribution < -0.4 is 9.62 Å². The molecular weight excluding hydrogens is 420 g/mol. The molecule has 0 heterocycles. The number of nitrogens with zero attached hydrogens (tertiary/aromatic N) is 1.